The number of halogens is 1. The van der Waals surface area contributed by atoms with E-state index in [9.17, 15) is 4.79 Å². The number of methoxy groups -OCH3 is 1. The van der Waals surface area contributed by atoms with E-state index < -0.39 is 0 Å². The number of allylic oxidation sites excluding steroid dienone is 1. The Balaban J connectivity index is 1.42. The highest BCUT2D eigenvalue weighted by Crippen LogP contribution is 2.41. The Labute approximate surface area is 250 Å². The summed E-state index contributed by atoms with van der Waals surface area (Å²) in [6.07, 6.45) is 3.83. The van der Waals surface area contributed by atoms with Crippen molar-refractivity contribution in [3.05, 3.63) is 142 Å². The molecule has 7 rings (SSSR count). The fourth-order valence-electron chi connectivity index (χ4n) is 6.17. The molecular weight excluding hydrogens is 594 g/mol. The molecule has 0 fully saturated rings. The highest BCUT2D eigenvalue weighted by molar-refractivity contribution is 9.10. The Bertz CT molecular complexity index is 2030. The molecule has 3 heterocycles. The number of nitrogens with zero attached hydrogens (tertiary/aromatic N) is 3. The monoisotopic (exact) mass is 621 g/mol. The van der Waals surface area contributed by atoms with Gasteiger partial charge in [-0.25, -0.2) is 4.99 Å². The zero-order chi connectivity index (χ0) is 28.2. The molecule has 0 spiro atoms. The molecule has 41 heavy (non-hydrogen) atoms. The first-order chi connectivity index (χ1) is 19.9. The molecule has 2 aromatic heterocycles. The van der Waals surface area contributed by atoms with E-state index in [-0.39, 0.29) is 11.6 Å². The summed E-state index contributed by atoms with van der Waals surface area (Å²) < 4.78 is 11.3. The second-order valence-electron chi connectivity index (χ2n) is 10.5. The van der Waals surface area contributed by atoms with E-state index in [1.807, 2.05) is 34.9 Å². The van der Waals surface area contributed by atoms with Crippen LogP contribution in [-0.4, -0.2) is 16.2 Å². The van der Waals surface area contributed by atoms with Gasteiger partial charge in [-0.05, 0) is 97.5 Å². The number of hydrogen-bond donors (Lipinski definition) is 0. The predicted molar refractivity (Wildman–Crippen MR) is 169 cm³/mol. The number of benzene rings is 3. The van der Waals surface area contributed by atoms with Crippen molar-refractivity contribution >= 4 is 39.0 Å². The summed E-state index contributed by atoms with van der Waals surface area (Å²) in [4.78, 5) is 20.1. The maximum atomic E-state index is 14.2. The molecule has 204 valence electrons. The van der Waals surface area contributed by atoms with Gasteiger partial charge in [0.15, 0.2) is 4.80 Å². The molecule has 5 aromatic rings. The minimum Gasteiger partial charge on any atom is -0.497 e. The van der Waals surface area contributed by atoms with E-state index in [0.717, 1.165) is 61.8 Å². The molecule has 0 radical (unpaired) electrons. The van der Waals surface area contributed by atoms with Crippen molar-refractivity contribution in [2.75, 3.05) is 7.11 Å². The molecule has 0 saturated carbocycles. The Morgan fingerprint density at radius 3 is 2.51 bits per heavy atom. The van der Waals surface area contributed by atoms with Crippen LogP contribution in [0.2, 0.25) is 0 Å². The molecule has 0 bridgehead atoms. The third-order valence-corrected chi connectivity index (χ3v) is 9.66. The number of aryl methyl sites for hydroxylation is 2. The molecule has 7 heteroatoms. The number of ether oxygens (including phenoxy) is 1. The van der Waals surface area contributed by atoms with Gasteiger partial charge in [-0.3, -0.25) is 9.36 Å². The molecule has 0 amide bonds. The minimum absolute atomic E-state index is 0.00609. The van der Waals surface area contributed by atoms with Gasteiger partial charge in [0.25, 0.3) is 5.56 Å². The van der Waals surface area contributed by atoms with Crippen LogP contribution in [0.4, 0.5) is 0 Å². The smallest absolute Gasteiger partial charge is 0.271 e. The SMILES string of the molecule is COc1ccc([C@H]2C3=C(N=c4s/c(=C/c5cc(C)n(-c6ccc(Br)cc6)c5C)c(=O)n42)c2ccccc2CC3)cc1. The third kappa shape index (κ3) is 4.35. The van der Waals surface area contributed by atoms with E-state index in [2.05, 4.69) is 88.9 Å². The lowest BCUT2D eigenvalue weighted by atomic mass is 9.83. The first-order valence-electron chi connectivity index (χ1n) is 13.6. The average molecular weight is 623 g/mol. The quantitative estimate of drug-likeness (QED) is 0.230. The topological polar surface area (TPSA) is 48.5 Å². The minimum atomic E-state index is -0.210. The van der Waals surface area contributed by atoms with Crippen LogP contribution in [0.5, 0.6) is 5.75 Å². The van der Waals surface area contributed by atoms with Gasteiger partial charge in [0, 0.05) is 27.1 Å². The maximum Gasteiger partial charge on any atom is 0.271 e. The number of thiazole rings is 1. The van der Waals surface area contributed by atoms with Crippen LogP contribution in [-0.2, 0) is 6.42 Å². The summed E-state index contributed by atoms with van der Waals surface area (Å²) in [5.41, 5.74) is 10.1. The Kier molecular flexibility index (Phi) is 6.44. The summed E-state index contributed by atoms with van der Waals surface area (Å²) in [6, 6.07) is 26.8. The van der Waals surface area contributed by atoms with Gasteiger partial charge in [-0.15, -0.1) is 0 Å². The Morgan fingerprint density at radius 2 is 1.76 bits per heavy atom. The molecule has 0 N–H and O–H groups in total. The van der Waals surface area contributed by atoms with Crippen LogP contribution in [0.3, 0.4) is 0 Å². The summed E-state index contributed by atoms with van der Waals surface area (Å²) in [5, 5.41) is 0. The van der Waals surface area contributed by atoms with Crippen LogP contribution in [0.15, 0.2) is 98.7 Å². The van der Waals surface area contributed by atoms with E-state index in [0.29, 0.717) is 4.53 Å². The molecule has 5 nitrogen and oxygen atoms in total. The van der Waals surface area contributed by atoms with Gasteiger partial charge in [0.1, 0.15) is 5.75 Å². The van der Waals surface area contributed by atoms with Crippen LogP contribution in [0, 0.1) is 13.8 Å². The van der Waals surface area contributed by atoms with Gasteiger partial charge in [0.2, 0.25) is 0 Å². The van der Waals surface area contributed by atoms with Crippen molar-refractivity contribution < 1.29 is 4.74 Å². The number of hydrogen-bond acceptors (Lipinski definition) is 4. The predicted octanol–water partition coefficient (Wildman–Crippen LogP) is 6.50. The van der Waals surface area contributed by atoms with Gasteiger partial charge >= 0.3 is 0 Å². The summed E-state index contributed by atoms with van der Waals surface area (Å²) >= 11 is 5.00. The van der Waals surface area contributed by atoms with Crippen LogP contribution in [0.25, 0.3) is 17.5 Å². The number of fused-ring (bicyclic) bond motifs is 3. The summed E-state index contributed by atoms with van der Waals surface area (Å²) in [6.45, 7) is 4.21. The maximum absolute atomic E-state index is 14.2. The lowest BCUT2D eigenvalue weighted by Crippen LogP contribution is -2.38. The van der Waals surface area contributed by atoms with Crippen molar-refractivity contribution in [3.63, 3.8) is 0 Å². The summed E-state index contributed by atoms with van der Waals surface area (Å²) in [7, 11) is 1.67. The molecule has 1 atom stereocenters. The Hall–Kier alpha value is -3.94. The van der Waals surface area contributed by atoms with E-state index in [4.69, 9.17) is 9.73 Å². The van der Waals surface area contributed by atoms with Gasteiger partial charge in [-0.1, -0.05) is 63.7 Å². The van der Waals surface area contributed by atoms with E-state index in [1.54, 1.807) is 7.11 Å². The summed E-state index contributed by atoms with van der Waals surface area (Å²) in [5.74, 6) is 0.797. The van der Waals surface area contributed by atoms with Crippen molar-refractivity contribution in [2.24, 2.45) is 4.99 Å². The standard InChI is InChI=1S/C34H28BrN3O2S/c1-20-18-24(21(2)37(20)26-13-11-25(35)12-14-26)19-30-33(39)38-32(23-8-15-27(40-3)16-9-23)29-17-10-22-6-4-5-7-28(22)31(29)36-34(38)41-30/h4-9,11-16,18-19,32H,10,17H2,1-3H3/b30-19+/t32-/m0/s1. The van der Waals surface area contributed by atoms with E-state index in [1.165, 1.54) is 28.0 Å². The van der Waals surface area contributed by atoms with Crippen molar-refractivity contribution in [3.8, 4) is 11.4 Å². The molecule has 2 aliphatic rings. The van der Waals surface area contributed by atoms with E-state index >= 15 is 0 Å². The zero-order valence-corrected chi connectivity index (χ0v) is 25.4. The van der Waals surface area contributed by atoms with Crippen molar-refractivity contribution in [1.29, 1.82) is 0 Å². The lowest BCUT2D eigenvalue weighted by Gasteiger charge is -2.30. The largest absolute Gasteiger partial charge is 0.497 e. The van der Waals surface area contributed by atoms with Crippen LogP contribution >= 0.6 is 27.3 Å². The van der Waals surface area contributed by atoms with Crippen LogP contribution in [0.1, 0.15) is 46.1 Å². The normalized spacial score (nSPS) is 16.2. The second kappa shape index (κ2) is 10.2. The van der Waals surface area contributed by atoms with Crippen molar-refractivity contribution in [1.82, 2.24) is 9.13 Å². The first-order valence-corrected chi connectivity index (χ1v) is 15.3. The van der Waals surface area contributed by atoms with Gasteiger partial charge < -0.3 is 9.30 Å². The molecule has 0 unspecified atom stereocenters. The number of aromatic nitrogens is 2. The van der Waals surface area contributed by atoms with Gasteiger partial charge in [0.05, 0.1) is 23.4 Å². The number of rotatable bonds is 4. The highest BCUT2D eigenvalue weighted by Gasteiger charge is 2.32. The highest BCUT2D eigenvalue weighted by atomic mass is 79.9. The fourth-order valence-corrected chi connectivity index (χ4v) is 7.43. The zero-order valence-electron chi connectivity index (χ0n) is 23.0. The molecule has 0 saturated heterocycles. The average Bonchev–Trinajstić information content (AvgIpc) is 3.46. The fraction of sp³-hybridized carbons (Fsp3) is 0.176. The molecule has 1 aliphatic heterocycles. The molecular formula is C34H28BrN3O2S. The van der Waals surface area contributed by atoms with Crippen LogP contribution < -0.4 is 19.6 Å². The van der Waals surface area contributed by atoms with Crippen molar-refractivity contribution in [2.45, 2.75) is 32.7 Å². The molecule has 1 aliphatic carbocycles. The van der Waals surface area contributed by atoms with Gasteiger partial charge in [-0.2, -0.15) is 0 Å². The lowest BCUT2D eigenvalue weighted by molar-refractivity contribution is 0.414. The Morgan fingerprint density at radius 1 is 1.00 bits per heavy atom. The molecule has 3 aromatic carbocycles. The second-order valence-corrected chi connectivity index (χ2v) is 12.4. The third-order valence-electron chi connectivity index (χ3n) is 8.15. The first kappa shape index (κ1) is 26.0.